The zero-order valence-corrected chi connectivity index (χ0v) is 16.0. The smallest absolute Gasteiger partial charge is 0.230 e. The lowest BCUT2D eigenvalue weighted by Gasteiger charge is -2.08. The highest BCUT2D eigenvalue weighted by Gasteiger charge is 2.11. The first-order valence-electron chi connectivity index (χ1n) is 8.40. The van der Waals surface area contributed by atoms with Crippen LogP contribution in [-0.2, 0) is 11.3 Å². The van der Waals surface area contributed by atoms with Crippen LogP contribution in [0.2, 0.25) is 5.02 Å². The van der Waals surface area contributed by atoms with Crippen LogP contribution in [0, 0.1) is 0 Å². The lowest BCUT2D eigenvalue weighted by atomic mass is 10.3. The van der Waals surface area contributed by atoms with Gasteiger partial charge in [0, 0.05) is 11.6 Å². The molecule has 0 saturated carbocycles. The number of ether oxygens (including phenoxy) is 1. The summed E-state index contributed by atoms with van der Waals surface area (Å²) < 4.78 is 7.68. The van der Waals surface area contributed by atoms with Crippen LogP contribution in [0.3, 0.4) is 0 Å². The second-order valence-electron chi connectivity index (χ2n) is 5.57. The number of aromatic nitrogens is 2. The van der Waals surface area contributed by atoms with Gasteiger partial charge in [-0.2, -0.15) is 0 Å². The number of fused-ring (bicyclic) bond motifs is 1. The minimum atomic E-state index is -0.0376. The number of imidazole rings is 1. The van der Waals surface area contributed by atoms with Crippen LogP contribution in [0.4, 0.5) is 0 Å². The second kappa shape index (κ2) is 8.96. The van der Waals surface area contributed by atoms with Crippen molar-refractivity contribution in [3.05, 3.63) is 53.6 Å². The van der Waals surface area contributed by atoms with E-state index in [0.717, 1.165) is 28.5 Å². The molecular weight excluding hydrogens is 370 g/mol. The van der Waals surface area contributed by atoms with Crippen molar-refractivity contribution < 1.29 is 9.53 Å². The molecule has 1 aromatic heterocycles. The topological polar surface area (TPSA) is 56.2 Å². The molecule has 0 aliphatic heterocycles. The molecular formula is C19H20ClN3O2S. The normalized spacial score (nSPS) is 10.8. The summed E-state index contributed by atoms with van der Waals surface area (Å²) >= 11 is 7.27. The van der Waals surface area contributed by atoms with Crippen molar-refractivity contribution in [3.63, 3.8) is 0 Å². The molecule has 3 aromatic rings. The Hall–Kier alpha value is -2.18. The van der Waals surface area contributed by atoms with Gasteiger partial charge in [-0.05, 0) is 43.3 Å². The molecule has 2 aromatic carbocycles. The Morgan fingerprint density at radius 2 is 2.00 bits per heavy atom. The summed E-state index contributed by atoms with van der Waals surface area (Å²) in [7, 11) is 0. The highest BCUT2D eigenvalue weighted by Crippen LogP contribution is 2.23. The molecule has 5 nitrogen and oxygen atoms in total. The molecule has 26 heavy (non-hydrogen) atoms. The van der Waals surface area contributed by atoms with Gasteiger partial charge in [0.1, 0.15) is 12.4 Å². The van der Waals surface area contributed by atoms with Crippen LogP contribution >= 0.6 is 23.4 Å². The van der Waals surface area contributed by atoms with Crippen molar-refractivity contribution >= 4 is 40.3 Å². The minimum Gasteiger partial charge on any atom is -0.492 e. The summed E-state index contributed by atoms with van der Waals surface area (Å²) in [6, 6.07) is 15.1. The number of nitrogens with one attached hydrogen (secondary N) is 1. The SMILES string of the molecule is CCn1c(SCC(=O)NCCOc2ccc(Cl)cc2)nc2ccccc21. The van der Waals surface area contributed by atoms with Crippen molar-refractivity contribution in [2.45, 2.75) is 18.6 Å². The summed E-state index contributed by atoms with van der Waals surface area (Å²) in [6.07, 6.45) is 0. The molecule has 0 unspecified atom stereocenters. The molecule has 1 N–H and O–H groups in total. The van der Waals surface area contributed by atoms with Crippen molar-refractivity contribution in [1.82, 2.24) is 14.9 Å². The molecule has 0 saturated heterocycles. The Morgan fingerprint density at radius 1 is 1.23 bits per heavy atom. The van der Waals surface area contributed by atoms with Gasteiger partial charge >= 0.3 is 0 Å². The maximum Gasteiger partial charge on any atom is 0.230 e. The maximum atomic E-state index is 12.0. The fourth-order valence-corrected chi connectivity index (χ4v) is 3.57. The van der Waals surface area contributed by atoms with Crippen LogP contribution < -0.4 is 10.1 Å². The zero-order valence-electron chi connectivity index (χ0n) is 14.4. The number of rotatable bonds is 8. The zero-order chi connectivity index (χ0) is 18.4. The van der Waals surface area contributed by atoms with E-state index in [4.69, 9.17) is 16.3 Å². The Bertz CT molecular complexity index is 880. The van der Waals surface area contributed by atoms with E-state index in [1.54, 1.807) is 24.3 Å². The number of aryl methyl sites for hydroxylation is 1. The third-order valence-corrected chi connectivity index (χ3v) is 5.00. The molecule has 0 atom stereocenters. The van der Waals surface area contributed by atoms with Gasteiger partial charge in [-0.15, -0.1) is 0 Å². The molecule has 0 fully saturated rings. The number of halogens is 1. The van der Waals surface area contributed by atoms with E-state index in [-0.39, 0.29) is 5.91 Å². The molecule has 3 rings (SSSR count). The van der Waals surface area contributed by atoms with Gasteiger partial charge in [0.25, 0.3) is 0 Å². The van der Waals surface area contributed by atoms with E-state index in [1.165, 1.54) is 11.8 Å². The van der Waals surface area contributed by atoms with E-state index in [1.807, 2.05) is 24.3 Å². The molecule has 1 heterocycles. The Balaban J connectivity index is 1.45. The van der Waals surface area contributed by atoms with Crippen LogP contribution in [0.1, 0.15) is 6.92 Å². The summed E-state index contributed by atoms with van der Waals surface area (Å²) in [5.74, 6) is 1.02. The minimum absolute atomic E-state index is 0.0376. The summed E-state index contributed by atoms with van der Waals surface area (Å²) in [5.41, 5.74) is 2.04. The predicted octanol–water partition coefficient (Wildman–Crippen LogP) is 4.00. The number of benzene rings is 2. The summed E-state index contributed by atoms with van der Waals surface area (Å²) in [6.45, 7) is 3.75. The standard InChI is InChI=1S/C19H20ClN3O2S/c1-2-23-17-6-4-3-5-16(17)22-19(23)26-13-18(24)21-11-12-25-15-9-7-14(20)8-10-15/h3-10H,2,11-13H2,1H3,(H,21,24). The van der Waals surface area contributed by atoms with Gasteiger partial charge < -0.3 is 14.6 Å². The van der Waals surface area contributed by atoms with E-state index in [0.29, 0.717) is 23.9 Å². The molecule has 0 aliphatic carbocycles. The predicted molar refractivity (Wildman–Crippen MR) is 106 cm³/mol. The van der Waals surface area contributed by atoms with Crippen LogP contribution in [0.25, 0.3) is 11.0 Å². The Morgan fingerprint density at radius 3 is 2.77 bits per heavy atom. The van der Waals surface area contributed by atoms with Crippen molar-refractivity contribution in [2.24, 2.45) is 0 Å². The fourth-order valence-electron chi connectivity index (χ4n) is 2.54. The average Bonchev–Trinajstić information content (AvgIpc) is 3.02. The monoisotopic (exact) mass is 389 g/mol. The largest absolute Gasteiger partial charge is 0.492 e. The number of hydrogen-bond acceptors (Lipinski definition) is 4. The van der Waals surface area contributed by atoms with Gasteiger partial charge in [0.2, 0.25) is 5.91 Å². The van der Waals surface area contributed by atoms with E-state index in [9.17, 15) is 4.79 Å². The van der Waals surface area contributed by atoms with E-state index < -0.39 is 0 Å². The summed E-state index contributed by atoms with van der Waals surface area (Å²) in [5, 5.41) is 4.39. The fraction of sp³-hybridized carbons (Fsp3) is 0.263. The van der Waals surface area contributed by atoms with Gasteiger partial charge in [-0.3, -0.25) is 4.79 Å². The first-order valence-corrected chi connectivity index (χ1v) is 9.77. The quantitative estimate of drug-likeness (QED) is 0.467. The molecule has 136 valence electrons. The molecule has 0 aliphatic rings. The Labute approximate surface area is 161 Å². The van der Waals surface area contributed by atoms with Gasteiger partial charge in [-0.1, -0.05) is 35.5 Å². The van der Waals surface area contributed by atoms with Gasteiger partial charge in [0.05, 0.1) is 23.3 Å². The van der Waals surface area contributed by atoms with Crippen molar-refractivity contribution in [2.75, 3.05) is 18.9 Å². The first-order chi connectivity index (χ1) is 12.7. The van der Waals surface area contributed by atoms with E-state index in [2.05, 4.69) is 21.8 Å². The maximum absolute atomic E-state index is 12.0. The molecule has 0 radical (unpaired) electrons. The number of thioether (sulfide) groups is 1. The van der Waals surface area contributed by atoms with Gasteiger partial charge in [0.15, 0.2) is 5.16 Å². The molecule has 0 spiro atoms. The Kier molecular flexibility index (Phi) is 6.41. The van der Waals surface area contributed by atoms with Gasteiger partial charge in [-0.25, -0.2) is 4.98 Å². The second-order valence-corrected chi connectivity index (χ2v) is 6.95. The molecule has 7 heteroatoms. The summed E-state index contributed by atoms with van der Waals surface area (Å²) in [4.78, 5) is 16.7. The number of carbonyl (C=O) groups excluding carboxylic acids is 1. The number of amides is 1. The average molecular weight is 390 g/mol. The molecule has 1 amide bonds. The molecule has 0 bridgehead atoms. The lowest BCUT2D eigenvalue weighted by molar-refractivity contribution is -0.118. The van der Waals surface area contributed by atoms with Crippen LogP contribution in [0.5, 0.6) is 5.75 Å². The lowest BCUT2D eigenvalue weighted by Crippen LogP contribution is -2.29. The number of carbonyl (C=O) groups is 1. The number of hydrogen-bond donors (Lipinski definition) is 1. The number of nitrogens with zero attached hydrogens (tertiary/aromatic N) is 2. The van der Waals surface area contributed by atoms with Crippen LogP contribution in [-0.4, -0.2) is 34.4 Å². The van der Waals surface area contributed by atoms with Crippen molar-refractivity contribution in [3.8, 4) is 5.75 Å². The van der Waals surface area contributed by atoms with Crippen LogP contribution in [0.15, 0.2) is 53.7 Å². The highest BCUT2D eigenvalue weighted by atomic mass is 35.5. The third kappa shape index (κ3) is 4.71. The van der Waals surface area contributed by atoms with Crippen molar-refractivity contribution in [1.29, 1.82) is 0 Å². The first kappa shape index (κ1) is 18.6. The third-order valence-electron chi connectivity index (χ3n) is 3.77. The highest BCUT2D eigenvalue weighted by molar-refractivity contribution is 7.99. The number of para-hydroxylation sites is 2. The van der Waals surface area contributed by atoms with E-state index >= 15 is 0 Å².